The third kappa shape index (κ3) is 2.45. The van der Waals surface area contributed by atoms with Gasteiger partial charge in [-0.3, -0.25) is 4.40 Å². The van der Waals surface area contributed by atoms with Crippen LogP contribution in [0.3, 0.4) is 0 Å². The van der Waals surface area contributed by atoms with E-state index in [1.165, 1.54) is 16.0 Å². The van der Waals surface area contributed by atoms with Crippen LogP contribution in [0.4, 0.5) is 0 Å². The van der Waals surface area contributed by atoms with Crippen molar-refractivity contribution in [2.75, 3.05) is 0 Å². The molecule has 21 heavy (non-hydrogen) atoms. The predicted octanol–water partition coefficient (Wildman–Crippen LogP) is 3.56. The molecule has 0 aliphatic rings. The Bertz CT molecular complexity index is 817. The number of carboxylic acid groups (broad SMARTS) is 1. The molecule has 4 nitrogen and oxygen atoms in total. The molecule has 3 rings (SSSR count). The summed E-state index contributed by atoms with van der Waals surface area (Å²) < 4.78 is 1.87. The molecule has 0 saturated heterocycles. The second kappa shape index (κ2) is 5.33. The monoisotopic (exact) mass is 300 g/mol. The molecule has 3 aromatic rings. The Balaban J connectivity index is 1.99. The van der Waals surface area contributed by atoms with Crippen molar-refractivity contribution in [2.24, 2.45) is 0 Å². The Kier molecular flexibility index (Phi) is 3.51. The van der Waals surface area contributed by atoms with Crippen LogP contribution in [0.25, 0.3) is 4.96 Å². The minimum atomic E-state index is -0.983. The SMILES string of the molecule is CCc1ccccc1Cc1sc2nc(C(=O)O)cn2c1C. The highest BCUT2D eigenvalue weighted by Crippen LogP contribution is 2.26. The van der Waals surface area contributed by atoms with Gasteiger partial charge in [0.25, 0.3) is 0 Å². The zero-order chi connectivity index (χ0) is 15.0. The van der Waals surface area contributed by atoms with Crippen LogP contribution >= 0.6 is 11.3 Å². The molecule has 1 N–H and O–H groups in total. The Morgan fingerprint density at radius 2 is 2.05 bits per heavy atom. The highest BCUT2D eigenvalue weighted by atomic mass is 32.1. The fourth-order valence-corrected chi connectivity index (χ4v) is 3.63. The van der Waals surface area contributed by atoms with Gasteiger partial charge in [-0.05, 0) is 24.5 Å². The van der Waals surface area contributed by atoms with Gasteiger partial charge in [-0.25, -0.2) is 9.78 Å². The molecule has 0 bridgehead atoms. The Morgan fingerprint density at radius 3 is 2.67 bits per heavy atom. The average Bonchev–Trinajstić information content (AvgIpc) is 3.01. The molecule has 0 unspecified atom stereocenters. The first-order valence-electron chi connectivity index (χ1n) is 6.87. The number of hydrogen-bond donors (Lipinski definition) is 1. The highest BCUT2D eigenvalue weighted by Gasteiger charge is 2.15. The zero-order valence-electron chi connectivity index (χ0n) is 12.0. The van der Waals surface area contributed by atoms with Gasteiger partial charge in [0.15, 0.2) is 10.7 Å². The molecule has 0 spiro atoms. The summed E-state index contributed by atoms with van der Waals surface area (Å²) in [6.07, 6.45) is 3.48. The number of aryl methyl sites for hydroxylation is 2. The summed E-state index contributed by atoms with van der Waals surface area (Å²) in [4.78, 5) is 17.1. The number of aromatic carboxylic acids is 1. The van der Waals surface area contributed by atoms with E-state index in [2.05, 4.69) is 36.2 Å². The molecule has 2 heterocycles. The van der Waals surface area contributed by atoms with Crippen molar-refractivity contribution in [3.8, 4) is 0 Å². The van der Waals surface area contributed by atoms with Crippen LogP contribution in [0.5, 0.6) is 0 Å². The Labute approximate surface area is 126 Å². The van der Waals surface area contributed by atoms with E-state index in [0.717, 1.165) is 23.5 Å². The van der Waals surface area contributed by atoms with E-state index in [4.69, 9.17) is 5.11 Å². The fourth-order valence-electron chi connectivity index (χ4n) is 2.51. The van der Waals surface area contributed by atoms with Gasteiger partial charge in [0.1, 0.15) is 0 Å². The summed E-state index contributed by atoms with van der Waals surface area (Å²) >= 11 is 1.56. The van der Waals surface area contributed by atoms with Gasteiger partial charge in [0.2, 0.25) is 0 Å². The van der Waals surface area contributed by atoms with Crippen LogP contribution in [0.2, 0.25) is 0 Å². The van der Waals surface area contributed by atoms with Gasteiger partial charge in [0.05, 0.1) is 0 Å². The number of thiazole rings is 1. The molecule has 1 aromatic carbocycles. The van der Waals surface area contributed by atoms with E-state index < -0.39 is 5.97 Å². The number of rotatable bonds is 4. The van der Waals surface area contributed by atoms with Crippen molar-refractivity contribution in [3.05, 3.63) is 57.9 Å². The average molecular weight is 300 g/mol. The maximum atomic E-state index is 11.0. The number of benzene rings is 1. The first-order valence-corrected chi connectivity index (χ1v) is 7.69. The summed E-state index contributed by atoms with van der Waals surface area (Å²) in [6.45, 7) is 4.17. The standard InChI is InChI=1S/C16H16N2O2S/c1-3-11-6-4-5-7-12(11)8-14-10(2)18-9-13(15(19)20)17-16(18)21-14/h4-7,9H,3,8H2,1-2H3,(H,19,20). The van der Waals surface area contributed by atoms with Crippen LogP contribution in [-0.2, 0) is 12.8 Å². The van der Waals surface area contributed by atoms with E-state index in [-0.39, 0.29) is 5.69 Å². The van der Waals surface area contributed by atoms with Crippen LogP contribution in [0.15, 0.2) is 30.5 Å². The first kappa shape index (κ1) is 13.8. The van der Waals surface area contributed by atoms with E-state index >= 15 is 0 Å². The molecule has 0 fully saturated rings. The van der Waals surface area contributed by atoms with Crippen molar-refractivity contribution < 1.29 is 9.90 Å². The molecular weight excluding hydrogens is 284 g/mol. The third-order valence-corrected chi connectivity index (χ3v) is 4.88. The van der Waals surface area contributed by atoms with Crippen LogP contribution in [0, 0.1) is 6.92 Å². The van der Waals surface area contributed by atoms with Gasteiger partial charge in [-0.1, -0.05) is 31.2 Å². The largest absolute Gasteiger partial charge is 0.476 e. The fraction of sp³-hybridized carbons (Fsp3) is 0.250. The van der Waals surface area contributed by atoms with E-state index in [1.807, 2.05) is 11.3 Å². The molecule has 108 valence electrons. The molecule has 0 atom stereocenters. The van der Waals surface area contributed by atoms with Gasteiger partial charge in [0, 0.05) is 23.2 Å². The van der Waals surface area contributed by atoms with Gasteiger partial charge in [-0.15, -0.1) is 11.3 Å². The number of aromatic nitrogens is 2. The van der Waals surface area contributed by atoms with Crippen LogP contribution in [-0.4, -0.2) is 20.5 Å². The molecule has 0 saturated carbocycles. The number of nitrogens with zero attached hydrogens (tertiary/aromatic N) is 2. The molecular formula is C16H16N2O2S. The lowest BCUT2D eigenvalue weighted by Gasteiger charge is -2.06. The number of carboxylic acids is 1. The molecule has 0 aliphatic carbocycles. The van der Waals surface area contributed by atoms with Gasteiger partial charge < -0.3 is 5.11 Å². The summed E-state index contributed by atoms with van der Waals surface area (Å²) in [5.41, 5.74) is 3.85. The number of carbonyl (C=O) groups is 1. The molecule has 0 radical (unpaired) electrons. The van der Waals surface area contributed by atoms with Crippen LogP contribution in [0.1, 0.15) is 39.1 Å². The van der Waals surface area contributed by atoms with Crippen molar-refractivity contribution in [1.29, 1.82) is 0 Å². The topological polar surface area (TPSA) is 54.6 Å². The predicted molar refractivity (Wildman–Crippen MR) is 83.4 cm³/mol. The normalized spacial score (nSPS) is 11.1. The van der Waals surface area contributed by atoms with Crippen molar-refractivity contribution >= 4 is 22.3 Å². The van der Waals surface area contributed by atoms with E-state index in [9.17, 15) is 4.79 Å². The van der Waals surface area contributed by atoms with Gasteiger partial charge in [-0.2, -0.15) is 0 Å². The minimum Gasteiger partial charge on any atom is -0.476 e. The third-order valence-electron chi connectivity index (χ3n) is 3.72. The first-order chi connectivity index (χ1) is 10.1. The Hall–Kier alpha value is -2.14. The Morgan fingerprint density at radius 1 is 1.33 bits per heavy atom. The summed E-state index contributed by atoms with van der Waals surface area (Å²) in [7, 11) is 0. The highest BCUT2D eigenvalue weighted by molar-refractivity contribution is 7.17. The maximum absolute atomic E-state index is 11.0. The smallest absolute Gasteiger partial charge is 0.356 e. The molecule has 2 aromatic heterocycles. The van der Waals surface area contributed by atoms with Crippen molar-refractivity contribution in [2.45, 2.75) is 26.7 Å². The lowest BCUT2D eigenvalue weighted by molar-refractivity contribution is 0.0691. The summed E-state index contributed by atoms with van der Waals surface area (Å²) in [6, 6.07) is 8.44. The molecule has 5 heteroatoms. The second-order valence-corrected chi connectivity index (χ2v) is 6.06. The van der Waals surface area contributed by atoms with E-state index in [0.29, 0.717) is 0 Å². The van der Waals surface area contributed by atoms with Crippen molar-refractivity contribution in [3.63, 3.8) is 0 Å². The quantitative estimate of drug-likeness (QED) is 0.801. The van der Waals surface area contributed by atoms with Gasteiger partial charge >= 0.3 is 5.97 Å². The van der Waals surface area contributed by atoms with Crippen LogP contribution < -0.4 is 0 Å². The van der Waals surface area contributed by atoms with E-state index in [1.54, 1.807) is 17.5 Å². The zero-order valence-corrected chi connectivity index (χ0v) is 12.8. The summed E-state index contributed by atoms with van der Waals surface area (Å²) in [5.74, 6) is -0.983. The molecule has 0 amide bonds. The second-order valence-electron chi connectivity index (χ2n) is 4.99. The number of imidazole rings is 1. The maximum Gasteiger partial charge on any atom is 0.356 e. The summed E-state index contributed by atoms with van der Waals surface area (Å²) in [5, 5.41) is 9.00. The molecule has 0 aliphatic heterocycles. The number of fused-ring (bicyclic) bond motifs is 1. The lowest BCUT2D eigenvalue weighted by Crippen LogP contribution is -1.97. The lowest BCUT2D eigenvalue weighted by atomic mass is 10.0. The number of hydrogen-bond acceptors (Lipinski definition) is 3. The minimum absolute atomic E-state index is 0.102. The van der Waals surface area contributed by atoms with Crippen molar-refractivity contribution in [1.82, 2.24) is 9.38 Å².